The highest BCUT2D eigenvalue weighted by Gasteiger charge is 2.17. The number of amides is 1. The molecule has 0 saturated carbocycles. The number of nitrogens with one attached hydrogen (secondary N) is 2. The van der Waals surface area contributed by atoms with Crippen LogP contribution in [-0.4, -0.2) is 50.1 Å². The Labute approximate surface area is 200 Å². The van der Waals surface area contributed by atoms with Crippen LogP contribution in [0.1, 0.15) is 34.3 Å². The lowest BCUT2D eigenvalue weighted by atomic mass is 10.1. The summed E-state index contributed by atoms with van der Waals surface area (Å²) in [5.41, 5.74) is 2.46. The molecule has 1 fully saturated rings. The molecule has 0 aromatic heterocycles. The van der Waals surface area contributed by atoms with Crippen molar-refractivity contribution in [2.45, 2.75) is 32.0 Å². The molecule has 1 aliphatic heterocycles. The summed E-state index contributed by atoms with van der Waals surface area (Å²) in [6.07, 6.45) is 2.17. The van der Waals surface area contributed by atoms with Crippen molar-refractivity contribution in [3.05, 3.63) is 71.0 Å². The fraction of sp³-hybridized carbons (Fsp3) is 0.391. The standard InChI is InChI=1S/C23H29FN4O2.HI/c1-25-23(28(2)16-18-7-4-9-20(24)13-18)27-14-17-6-3-8-19(12-17)22(29)26-15-21-10-5-11-30-21;/h3-4,6-9,12-13,21H,5,10-11,14-16H2,1-2H3,(H,25,27)(H,26,29);1H. The second-order valence-electron chi connectivity index (χ2n) is 7.43. The number of carbonyl (C=O) groups excluding carboxylic acids is 1. The summed E-state index contributed by atoms with van der Waals surface area (Å²) in [6, 6.07) is 14.0. The molecule has 0 spiro atoms. The first-order chi connectivity index (χ1) is 14.5. The smallest absolute Gasteiger partial charge is 0.251 e. The van der Waals surface area contributed by atoms with E-state index in [0.29, 0.717) is 31.2 Å². The molecular weight excluding hydrogens is 510 g/mol. The van der Waals surface area contributed by atoms with Crippen LogP contribution in [0.2, 0.25) is 0 Å². The van der Waals surface area contributed by atoms with Crippen LogP contribution in [0.3, 0.4) is 0 Å². The quantitative estimate of drug-likeness (QED) is 0.321. The van der Waals surface area contributed by atoms with Crippen LogP contribution in [-0.2, 0) is 17.8 Å². The zero-order valence-corrected chi connectivity index (χ0v) is 20.3. The number of halogens is 2. The molecule has 2 N–H and O–H groups in total. The minimum atomic E-state index is -0.251. The number of ether oxygens (including phenoxy) is 1. The second-order valence-corrected chi connectivity index (χ2v) is 7.43. The van der Waals surface area contributed by atoms with E-state index in [-0.39, 0.29) is 41.8 Å². The third kappa shape index (κ3) is 7.77. The molecule has 0 bridgehead atoms. The van der Waals surface area contributed by atoms with Gasteiger partial charge in [-0.1, -0.05) is 24.3 Å². The SMILES string of the molecule is CN=C(NCc1cccc(C(=O)NCC2CCCO2)c1)N(C)Cc1cccc(F)c1.I. The van der Waals surface area contributed by atoms with Gasteiger partial charge in [0.1, 0.15) is 5.82 Å². The highest BCUT2D eigenvalue weighted by molar-refractivity contribution is 14.0. The Kier molecular flexibility index (Phi) is 10.2. The van der Waals surface area contributed by atoms with E-state index in [1.165, 1.54) is 12.1 Å². The summed E-state index contributed by atoms with van der Waals surface area (Å²) in [6.45, 7) is 2.37. The average molecular weight is 540 g/mol. The van der Waals surface area contributed by atoms with E-state index in [9.17, 15) is 9.18 Å². The molecular formula is C23H30FIN4O2. The molecule has 2 aromatic carbocycles. The zero-order chi connectivity index (χ0) is 21.3. The van der Waals surface area contributed by atoms with Gasteiger partial charge in [-0.25, -0.2) is 4.39 Å². The Hall–Kier alpha value is -2.20. The second kappa shape index (κ2) is 12.6. The Morgan fingerprint density at radius 2 is 1.97 bits per heavy atom. The highest BCUT2D eigenvalue weighted by Crippen LogP contribution is 2.12. The molecule has 6 nitrogen and oxygen atoms in total. The fourth-order valence-electron chi connectivity index (χ4n) is 3.49. The van der Waals surface area contributed by atoms with Gasteiger partial charge in [-0.15, -0.1) is 24.0 Å². The van der Waals surface area contributed by atoms with Gasteiger partial charge in [0.25, 0.3) is 5.91 Å². The van der Waals surface area contributed by atoms with Gasteiger partial charge in [0.2, 0.25) is 0 Å². The monoisotopic (exact) mass is 540 g/mol. The lowest BCUT2D eigenvalue weighted by Gasteiger charge is -2.22. The van der Waals surface area contributed by atoms with Gasteiger partial charge in [-0.2, -0.15) is 0 Å². The van der Waals surface area contributed by atoms with Crippen LogP contribution in [0.25, 0.3) is 0 Å². The number of hydrogen-bond acceptors (Lipinski definition) is 3. The van der Waals surface area contributed by atoms with E-state index in [1.807, 2.05) is 36.2 Å². The van der Waals surface area contributed by atoms with Crippen LogP contribution in [0.5, 0.6) is 0 Å². The van der Waals surface area contributed by atoms with Gasteiger partial charge in [-0.3, -0.25) is 9.79 Å². The largest absolute Gasteiger partial charge is 0.376 e. The summed E-state index contributed by atoms with van der Waals surface area (Å²) in [5, 5.41) is 6.24. The zero-order valence-electron chi connectivity index (χ0n) is 17.9. The normalized spacial score (nSPS) is 15.8. The molecule has 1 atom stereocenters. The third-order valence-corrected chi connectivity index (χ3v) is 5.04. The summed E-state index contributed by atoms with van der Waals surface area (Å²) in [4.78, 5) is 18.7. The summed E-state index contributed by atoms with van der Waals surface area (Å²) < 4.78 is 19.0. The van der Waals surface area contributed by atoms with Crippen molar-refractivity contribution in [3.8, 4) is 0 Å². The average Bonchev–Trinajstić information content (AvgIpc) is 3.26. The molecule has 0 radical (unpaired) electrons. The van der Waals surface area contributed by atoms with Gasteiger partial charge in [0, 0.05) is 45.9 Å². The van der Waals surface area contributed by atoms with E-state index in [2.05, 4.69) is 15.6 Å². The Morgan fingerprint density at radius 3 is 2.68 bits per heavy atom. The maximum absolute atomic E-state index is 13.4. The lowest BCUT2D eigenvalue weighted by Crippen LogP contribution is -2.38. The number of nitrogens with zero attached hydrogens (tertiary/aromatic N) is 2. The van der Waals surface area contributed by atoms with Gasteiger partial charge < -0.3 is 20.3 Å². The van der Waals surface area contributed by atoms with Crippen LogP contribution < -0.4 is 10.6 Å². The summed E-state index contributed by atoms with van der Waals surface area (Å²) in [7, 11) is 3.61. The molecule has 8 heteroatoms. The van der Waals surface area contributed by atoms with Gasteiger partial charge in [0.15, 0.2) is 5.96 Å². The molecule has 31 heavy (non-hydrogen) atoms. The van der Waals surface area contributed by atoms with E-state index in [4.69, 9.17) is 4.74 Å². The van der Waals surface area contributed by atoms with Crippen molar-refractivity contribution in [3.63, 3.8) is 0 Å². The highest BCUT2D eigenvalue weighted by atomic mass is 127. The van der Waals surface area contributed by atoms with Crippen molar-refractivity contribution in [2.75, 3.05) is 27.2 Å². The van der Waals surface area contributed by atoms with Crippen molar-refractivity contribution < 1.29 is 13.9 Å². The number of benzene rings is 2. The Morgan fingerprint density at radius 1 is 1.19 bits per heavy atom. The predicted molar refractivity (Wildman–Crippen MR) is 131 cm³/mol. The molecule has 1 heterocycles. The van der Waals surface area contributed by atoms with Gasteiger partial charge in [-0.05, 0) is 48.2 Å². The minimum Gasteiger partial charge on any atom is -0.376 e. The van der Waals surface area contributed by atoms with Crippen LogP contribution >= 0.6 is 24.0 Å². The topological polar surface area (TPSA) is 66.0 Å². The van der Waals surface area contributed by atoms with Gasteiger partial charge >= 0.3 is 0 Å². The fourth-order valence-corrected chi connectivity index (χ4v) is 3.49. The van der Waals surface area contributed by atoms with Crippen molar-refractivity contribution in [1.82, 2.24) is 15.5 Å². The van der Waals surface area contributed by atoms with E-state index in [0.717, 1.165) is 30.6 Å². The molecule has 1 aliphatic rings. The number of rotatable bonds is 7. The number of hydrogen-bond donors (Lipinski definition) is 2. The van der Waals surface area contributed by atoms with Crippen LogP contribution in [0.15, 0.2) is 53.5 Å². The predicted octanol–water partition coefficient (Wildman–Crippen LogP) is 3.56. The minimum absolute atomic E-state index is 0. The summed E-state index contributed by atoms with van der Waals surface area (Å²) in [5.74, 6) is 0.339. The lowest BCUT2D eigenvalue weighted by molar-refractivity contribution is 0.0857. The summed E-state index contributed by atoms with van der Waals surface area (Å²) >= 11 is 0. The molecule has 1 saturated heterocycles. The van der Waals surface area contributed by atoms with Crippen molar-refractivity contribution in [1.29, 1.82) is 0 Å². The number of guanidine groups is 1. The first kappa shape index (κ1) is 25.1. The first-order valence-electron chi connectivity index (χ1n) is 10.2. The number of carbonyl (C=O) groups is 1. The number of aliphatic imine (C=N–C) groups is 1. The van der Waals surface area contributed by atoms with Gasteiger partial charge in [0.05, 0.1) is 6.10 Å². The van der Waals surface area contributed by atoms with E-state index in [1.54, 1.807) is 19.2 Å². The van der Waals surface area contributed by atoms with Crippen molar-refractivity contribution >= 4 is 35.8 Å². The molecule has 168 valence electrons. The molecule has 2 aromatic rings. The maximum Gasteiger partial charge on any atom is 0.251 e. The molecule has 1 unspecified atom stereocenters. The Balaban J connectivity index is 0.00000341. The van der Waals surface area contributed by atoms with Crippen molar-refractivity contribution in [2.24, 2.45) is 4.99 Å². The maximum atomic E-state index is 13.4. The van der Waals surface area contributed by atoms with E-state index >= 15 is 0 Å². The molecule has 1 amide bonds. The third-order valence-electron chi connectivity index (χ3n) is 5.04. The van der Waals surface area contributed by atoms with Crippen LogP contribution in [0, 0.1) is 5.82 Å². The molecule has 0 aliphatic carbocycles. The van der Waals surface area contributed by atoms with E-state index < -0.39 is 0 Å². The van der Waals surface area contributed by atoms with Crippen LogP contribution in [0.4, 0.5) is 4.39 Å². The Bertz CT molecular complexity index is 887. The first-order valence-corrected chi connectivity index (χ1v) is 10.2. The molecule has 3 rings (SSSR count).